The quantitative estimate of drug-likeness (QED) is 0.885. The van der Waals surface area contributed by atoms with E-state index in [0.29, 0.717) is 25.4 Å². The lowest BCUT2D eigenvalue weighted by Crippen LogP contribution is -2.23. The molecular formula is C18H18N2O4. The van der Waals surface area contributed by atoms with Crippen LogP contribution in [0.15, 0.2) is 48.5 Å². The first-order valence-electron chi connectivity index (χ1n) is 7.68. The van der Waals surface area contributed by atoms with E-state index in [1.165, 1.54) is 0 Å². The maximum atomic E-state index is 12.0. The molecule has 24 heavy (non-hydrogen) atoms. The molecule has 0 bridgehead atoms. The number of phenolic OH excluding ortho intramolecular Hbond substituents is 1. The number of carbonyl (C=O) groups is 2. The van der Waals surface area contributed by atoms with Crippen molar-refractivity contribution in [3.63, 3.8) is 0 Å². The Morgan fingerprint density at radius 2 is 1.96 bits per heavy atom. The maximum absolute atomic E-state index is 12.0. The van der Waals surface area contributed by atoms with Crippen LogP contribution in [0.4, 0.5) is 10.5 Å². The number of benzene rings is 2. The average Bonchev–Trinajstić information content (AvgIpc) is 2.94. The molecule has 0 unspecified atom stereocenters. The monoisotopic (exact) mass is 326 g/mol. The predicted octanol–water partition coefficient (Wildman–Crippen LogP) is 2.53. The third kappa shape index (κ3) is 4.04. The Balaban J connectivity index is 1.55. The van der Waals surface area contributed by atoms with Crippen LogP contribution in [0.3, 0.4) is 0 Å². The smallest absolute Gasteiger partial charge is 0.410 e. The molecule has 3 rings (SSSR count). The van der Waals surface area contributed by atoms with E-state index in [2.05, 4.69) is 5.32 Å². The Bertz CT molecular complexity index is 743. The zero-order chi connectivity index (χ0) is 16.9. The van der Waals surface area contributed by atoms with Gasteiger partial charge >= 0.3 is 6.09 Å². The van der Waals surface area contributed by atoms with Crippen molar-refractivity contribution in [1.82, 2.24) is 4.90 Å². The number of ether oxygens (including phenoxy) is 1. The lowest BCUT2D eigenvalue weighted by molar-refractivity contribution is -0.115. The van der Waals surface area contributed by atoms with E-state index in [0.717, 1.165) is 11.1 Å². The van der Waals surface area contributed by atoms with Gasteiger partial charge in [-0.3, -0.25) is 4.79 Å². The lowest BCUT2D eigenvalue weighted by atomic mass is 10.1. The van der Waals surface area contributed by atoms with Crippen LogP contribution in [-0.2, 0) is 22.5 Å². The topological polar surface area (TPSA) is 78.9 Å². The molecule has 0 saturated carbocycles. The number of anilines is 1. The van der Waals surface area contributed by atoms with E-state index in [9.17, 15) is 14.7 Å². The van der Waals surface area contributed by atoms with Gasteiger partial charge in [0.15, 0.2) is 0 Å². The highest BCUT2D eigenvalue weighted by Crippen LogP contribution is 2.15. The summed E-state index contributed by atoms with van der Waals surface area (Å²) in [5.41, 5.74) is 2.41. The highest BCUT2D eigenvalue weighted by molar-refractivity contribution is 5.92. The molecular weight excluding hydrogens is 308 g/mol. The van der Waals surface area contributed by atoms with Gasteiger partial charge in [-0.25, -0.2) is 4.79 Å². The van der Waals surface area contributed by atoms with Crippen molar-refractivity contribution in [3.8, 4) is 5.75 Å². The molecule has 2 amide bonds. The van der Waals surface area contributed by atoms with Crippen LogP contribution in [-0.4, -0.2) is 35.2 Å². The molecule has 0 aromatic heterocycles. The molecule has 124 valence electrons. The largest absolute Gasteiger partial charge is 0.508 e. The number of phenols is 1. The van der Waals surface area contributed by atoms with E-state index in [4.69, 9.17) is 4.74 Å². The first-order chi connectivity index (χ1) is 11.6. The van der Waals surface area contributed by atoms with Crippen LogP contribution in [0.25, 0.3) is 0 Å². The van der Waals surface area contributed by atoms with Crippen molar-refractivity contribution < 1.29 is 19.4 Å². The second-order valence-electron chi connectivity index (χ2n) is 5.63. The van der Waals surface area contributed by atoms with Gasteiger partial charge in [-0.05, 0) is 35.4 Å². The minimum atomic E-state index is -0.293. The van der Waals surface area contributed by atoms with Crippen molar-refractivity contribution in [2.45, 2.75) is 13.0 Å². The van der Waals surface area contributed by atoms with E-state index in [1.807, 2.05) is 12.1 Å². The molecule has 1 fully saturated rings. The van der Waals surface area contributed by atoms with Gasteiger partial charge in [0.1, 0.15) is 12.4 Å². The number of hydrogen-bond acceptors (Lipinski definition) is 4. The van der Waals surface area contributed by atoms with Crippen molar-refractivity contribution in [3.05, 3.63) is 59.7 Å². The second-order valence-corrected chi connectivity index (χ2v) is 5.63. The van der Waals surface area contributed by atoms with Crippen molar-refractivity contribution in [2.75, 3.05) is 18.5 Å². The Hall–Kier alpha value is -3.02. The summed E-state index contributed by atoms with van der Waals surface area (Å²) < 4.78 is 4.89. The summed E-state index contributed by atoms with van der Waals surface area (Å²) in [6, 6.07) is 14.0. The summed E-state index contributed by atoms with van der Waals surface area (Å²) in [4.78, 5) is 25.1. The number of amides is 2. The van der Waals surface area contributed by atoms with Gasteiger partial charge in [-0.15, -0.1) is 0 Å². The molecule has 2 N–H and O–H groups in total. The van der Waals surface area contributed by atoms with Gasteiger partial charge in [0, 0.05) is 12.2 Å². The number of cyclic esters (lactones) is 1. The summed E-state index contributed by atoms with van der Waals surface area (Å²) >= 11 is 0. The summed E-state index contributed by atoms with van der Waals surface area (Å²) in [5, 5.41) is 12.2. The highest BCUT2D eigenvalue weighted by atomic mass is 16.6. The Morgan fingerprint density at radius 3 is 2.62 bits per heavy atom. The van der Waals surface area contributed by atoms with Crippen LogP contribution in [0.5, 0.6) is 5.75 Å². The molecule has 6 heteroatoms. The van der Waals surface area contributed by atoms with Crippen LogP contribution in [0.1, 0.15) is 11.1 Å². The fourth-order valence-corrected chi connectivity index (χ4v) is 2.54. The SMILES string of the molecule is O=C(Cc1cccc(O)c1)Nc1ccc(CN2CCOC2=O)cc1. The van der Waals surface area contributed by atoms with Gasteiger partial charge in [0.05, 0.1) is 13.0 Å². The minimum Gasteiger partial charge on any atom is -0.508 e. The minimum absolute atomic E-state index is 0.144. The van der Waals surface area contributed by atoms with Crippen LogP contribution >= 0.6 is 0 Å². The summed E-state index contributed by atoms with van der Waals surface area (Å²) in [5.74, 6) is -0.0124. The molecule has 1 heterocycles. The third-order valence-electron chi connectivity index (χ3n) is 3.73. The highest BCUT2D eigenvalue weighted by Gasteiger charge is 2.21. The first kappa shape index (κ1) is 15.9. The Labute approximate surface area is 139 Å². The van der Waals surface area contributed by atoms with Crippen LogP contribution in [0, 0.1) is 0 Å². The summed E-state index contributed by atoms with van der Waals surface area (Å²) in [6.07, 6.45) is -0.103. The van der Waals surface area contributed by atoms with Crippen LogP contribution < -0.4 is 5.32 Å². The van der Waals surface area contributed by atoms with Crippen molar-refractivity contribution in [2.24, 2.45) is 0 Å². The van der Waals surface area contributed by atoms with Gasteiger partial charge < -0.3 is 20.1 Å². The number of hydrogen-bond donors (Lipinski definition) is 2. The molecule has 1 aliphatic heterocycles. The molecule has 0 spiro atoms. The van der Waals surface area contributed by atoms with E-state index in [1.54, 1.807) is 41.3 Å². The Kier molecular flexibility index (Phi) is 4.65. The normalized spacial score (nSPS) is 13.7. The fourth-order valence-electron chi connectivity index (χ4n) is 2.54. The number of nitrogens with zero attached hydrogens (tertiary/aromatic N) is 1. The standard InChI is InChI=1S/C18H18N2O4/c21-16-3-1-2-14(10-16)11-17(22)19-15-6-4-13(5-7-15)12-20-8-9-24-18(20)23/h1-7,10,21H,8-9,11-12H2,(H,19,22). The van der Waals surface area contributed by atoms with Crippen molar-refractivity contribution in [1.29, 1.82) is 0 Å². The van der Waals surface area contributed by atoms with Gasteiger partial charge in [0.2, 0.25) is 5.91 Å². The molecule has 0 radical (unpaired) electrons. The number of nitrogens with one attached hydrogen (secondary N) is 1. The molecule has 1 saturated heterocycles. The van der Waals surface area contributed by atoms with Gasteiger partial charge in [-0.1, -0.05) is 24.3 Å². The number of carbonyl (C=O) groups excluding carboxylic acids is 2. The molecule has 0 atom stereocenters. The lowest BCUT2D eigenvalue weighted by Gasteiger charge is -2.13. The number of aromatic hydroxyl groups is 1. The molecule has 2 aromatic carbocycles. The third-order valence-corrected chi connectivity index (χ3v) is 3.73. The average molecular weight is 326 g/mol. The zero-order valence-corrected chi connectivity index (χ0v) is 13.1. The van der Waals surface area contributed by atoms with E-state index in [-0.39, 0.29) is 24.2 Å². The molecule has 2 aromatic rings. The summed E-state index contributed by atoms with van der Waals surface area (Å²) in [6.45, 7) is 1.53. The fraction of sp³-hybridized carbons (Fsp3) is 0.222. The maximum Gasteiger partial charge on any atom is 0.410 e. The van der Waals surface area contributed by atoms with Crippen molar-refractivity contribution >= 4 is 17.7 Å². The zero-order valence-electron chi connectivity index (χ0n) is 13.1. The second kappa shape index (κ2) is 7.04. The number of rotatable bonds is 5. The molecule has 6 nitrogen and oxygen atoms in total. The first-order valence-corrected chi connectivity index (χ1v) is 7.68. The van der Waals surface area contributed by atoms with Gasteiger partial charge in [0.25, 0.3) is 0 Å². The van der Waals surface area contributed by atoms with E-state index < -0.39 is 0 Å². The van der Waals surface area contributed by atoms with E-state index >= 15 is 0 Å². The summed E-state index contributed by atoms with van der Waals surface area (Å²) in [7, 11) is 0. The molecule has 1 aliphatic rings. The Morgan fingerprint density at radius 1 is 1.17 bits per heavy atom. The molecule has 0 aliphatic carbocycles. The predicted molar refractivity (Wildman–Crippen MR) is 88.6 cm³/mol. The van der Waals surface area contributed by atoms with Crippen LogP contribution in [0.2, 0.25) is 0 Å². The van der Waals surface area contributed by atoms with Gasteiger partial charge in [-0.2, -0.15) is 0 Å².